The molecule has 1 fully saturated rings. The van der Waals surface area contributed by atoms with E-state index >= 15 is 0 Å². The van der Waals surface area contributed by atoms with Gasteiger partial charge in [-0.3, -0.25) is 10.0 Å². The molecule has 2 N–H and O–H groups in total. The van der Waals surface area contributed by atoms with Crippen molar-refractivity contribution in [2.24, 2.45) is 0 Å². The van der Waals surface area contributed by atoms with Crippen LogP contribution in [-0.4, -0.2) is 49.8 Å². The highest BCUT2D eigenvalue weighted by Crippen LogP contribution is 2.36. The van der Waals surface area contributed by atoms with Crippen molar-refractivity contribution in [2.75, 3.05) is 19.9 Å². The van der Waals surface area contributed by atoms with Crippen LogP contribution in [0.15, 0.2) is 41.3 Å². The third-order valence-corrected chi connectivity index (χ3v) is 7.17. The van der Waals surface area contributed by atoms with Crippen LogP contribution in [0.5, 0.6) is 17.2 Å². The predicted octanol–water partition coefficient (Wildman–Crippen LogP) is 2.07. The van der Waals surface area contributed by atoms with E-state index in [1.165, 1.54) is 15.9 Å². The fraction of sp³-hybridized carbons (Fsp3) is 0.350. The molecule has 0 saturated carbocycles. The normalized spacial score (nSPS) is 17.0. The number of hydrogen-bond donors (Lipinski definition) is 2. The maximum atomic E-state index is 13.2. The number of sulfonamides is 1. The van der Waals surface area contributed by atoms with E-state index in [9.17, 15) is 13.2 Å². The zero-order valence-corrected chi connectivity index (χ0v) is 17.1. The van der Waals surface area contributed by atoms with Gasteiger partial charge >= 0.3 is 0 Å². The quantitative estimate of drug-likeness (QED) is 0.547. The van der Waals surface area contributed by atoms with Crippen molar-refractivity contribution in [1.29, 1.82) is 0 Å². The van der Waals surface area contributed by atoms with E-state index in [4.69, 9.17) is 19.4 Å². The minimum atomic E-state index is -3.91. The maximum absolute atomic E-state index is 13.2. The number of carbonyl (C=O) groups is 1. The molecule has 1 saturated heterocycles. The summed E-state index contributed by atoms with van der Waals surface area (Å²) in [5.74, 6) is 1.08. The van der Waals surface area contributed by atoms with E-state index in [1.807, 2.05) is 0 Å². The van der Waals surface area contributed by atoms with Gasteiger partial charge in [0.05, 0.1) is 10.5 Å². The number of rotatable bonds is 5. The van der Waals surface area contributed by atoms with Crippen LogP contribution >= 0.6 is 0 Å². The zero-order valence-electron chi connectivity index (χ0n) is 16.3. The molecule has 2 aliphatic rings. The highest BCUT2D eigenvalue weighted by atomic mass is 32.2. The number of benzene rings is 2. The van der Waals surface area contributed by atoms with Gasteiger partial charge in [-0.15, -0.1) is 0 Å². The van der Waals surface area contributed by atoms with Crippen LogP contribution in [-0.2, 0) is 10.0 Å². The summed E-state index contributed by atoms with van der Waals surface area (Å²) in [6, 6.07) is 9.91. The Bertz CT molecular complexity index is 1060. The van der Waals surface area contributed by atoms with E-state index in [1.54, 1.807) is 37.3 Å². The van der Waals surface area contributed by atoms with Crippen molar-refractivity contribution in [2.45, 2.75) is 30.8 Å². The standard InChI is InChI=1S/C20H22N2O7S/c1-13-3-2-4-18(19(13)20(23)21-24)30(25,26)22-9-7-14(8-10-22)29-15-5-6-16-17(11-15)28-12-27-16/h2-6,11,14,24H,7-10,12H2,1H3,(H,21,23). The number of fused-ring (bicyclic) bond motifs is 1. The largest absolute Gasteiger partial charge is 0.490 e. The summed E-state index contributed by atoms with van der Waals surface area (Å²) in [6.45, 7) is 2.32. The van der Waals surface area contributed by atoms with E-state index < -0.39 is 15.9 Å². The van der Waals surface area contributed by atoms with Gasteiger partial charge in [-0.1, -0.05) is 12.1 Å². The lowest BCUT2D eigenvalue weighted by molar-refractivity contribution is 0.0701. The molecule has 30 heavy (non-hydrogen) atoms. The summed E-state index contributed by atoms with van der Waals surface area (Å²) in [4.78, 5) is 11.9. The molecule has 0 spiro atoms. The average molecular weight is 434 g/mol. The Kier molecular flexibility index (Phi) is 5.54. The Labute approximate surface area is 174 Å². The molecule has 9 nitrogen and oxygen atoms in total. The topological polar surface area (TPSA) is 114 Å². The van der Waals surface area contributed by atoms with Crippen molar-refractivity contribution < 1.29 is 32.6 Å². The molecule has 160 valence electrons. The summed E-state index contributed by atoms with van der Waals surface area (Å²) in [6.07, 6.45) is 0.858. The van der Waals surface area contributed by atoms with Crippen LogP contribution in [0, 0.1) is 6.92 Å². The van der Waals surface area contributed by atoms with Crippen molar-refractivity contribution in [3.8, 4) is 17.2 Å². The predicted molar refractivity (Wildman–Crippen MR) is 105 cm³/mol. The lowest BCUT2D eigenvalue weighted by Gasteiger charge is -2.32. The van der Waals surface area contributed by atoms with Crippen molar-refractivity contribution >= 4 is 15.9 Å². The Morgan fingerprint density at radius 1 is 1.17 bits per heavy atom. The molecule has 2 aromatic carbocycles. The third-order valence-electron chi connectivity index (χ3n) is 5.23. The van der Waals surface area contributed by atoms with Gasteiger partial charge < -0.3 is 14.2 Å². The third kappa shape index (κ3) is 3.81. The number of hydroxylamine groups is 1. The zero-order chi connectivity index (χ0) is 21.3. The van der Waals surface area contributed by atoms with Crippen molar-refractivity contribution in [1.82, 2.24) is 9.79 Å². The first-order chi connectivity index (χ1) is 14.4. The first-order valence-electron chi connectivity index (χ1n) is 9.50. The smallest absolute Gasteiger partial charge is 0.276 e. The van der Waals surface area contributed by atoms with Gasteiger partial charge in [-0.05, 0) is 43.5 Å². The highest BCUT2D eigenvalue weighted by molar-refractivity contribution is 7.89. The summed E-state index contributed by atoms with van der Waals surface area (Å²) in [5, 5.41) is 9.01. The van der Waals surface area contributed by atoms with E-state index in [0.29, 0.717) is 35.7 Å². The molecule has 0 aromatic heterocycles. The molecule has 2 aromatic rings. The van der Waals surface area contributed by atoms with Crippen LogP contribution in [0.2, 0.25) is 0 Å². The molecule has 4 rings (SSSR count). The molecule has 1 amide bonds. The molecule has 2 heterocycles. The number of carbonyl (C=O) groups excluding carboxylic acids is 1. The number of amides is 1. The first kappa shape index (κ1) is 20.5. The first-order valence-corrected chi connectivity index (χ1v) is 10.9. The molecular formula is C20H22N2O7S. The number of nitrogens with one attached hydrogen (secondary N) is 1. The average Bonchev–Trinajstić information content (AvgIpc) is 3.21. The Balaban J connectivity index is 1.46. The van der Waals surface area contributed by atoms with Gasteiger partial charge in [0.15, 0.2) is 11.5 Å². The van der Waals surface area contributed by atoms with Gasteiger partial charge in [0, 0.05) is 19.2 Å². The summed E-state index contributed by atoms with van der Waals surface area (Å²) in [7, 11) is -3.91. The van der Waals surface area contributed by atoms with Gasteiger partial charge in [-0.2, -0.15) is 4.31 Å². The summed E-state index contributed by atoms with van der Waals surface area (Å²) < 4.78 is 44.3. The fourth-order valence-corrected chi connectivity index (χ4v) is 5.41. The molecular weight excluding hydrogens is 412 g/mol. The van der Waals surface area contributed by atoms with Gasteiger partial charge in [-0.25, -0.2) is 13.9 Å². The van der Waals surface area contributed by atoms with Gasteiger partial charge in [0.25, 0.3) is 5.91 Å². The van der Waals surface area contributed by atoms with Crippen LogP contribution in [0.25, 0.3) is 0 Å². The number of hydrogen-bond acceptors (Lipinski definition) is 7. The van der Waals surface area contributed by atoms with E-state index in [-0.39, 0.29) is 36.4 Å². The fourth-order valence-electron chi connectivity index (χ4n) is 3.67. The molecule has 0 aliphatic carbocycles. The van der Waals surface area contributed by atoms with E-state index in [0.717, 1.165) is 0 Å². The van der Waals surface area contributed by atoms with Gasteiger partial charge in [0.2, 0.25) is 16.8 Å². The molecule has 10 heteroatoms. The molecule has 2 aliphatic heterocycles. The van der Waals surface area contributed by atoms with Crippen molar-refractivity contribution in [3.63, 3.8) is 0 Å². The Morgan fingerprint density at radius 3 is 2.63 bits per heavy atom. The van der Waals surface area contributed by atoms with Gasteiger partial charge in [0.1, 0.15) is 11.9 Å². The van der Waals surface area contributed by atoms with Crippen LogP contribution in [0.1, 0.15) is 28.8 Å². The minimum absolute atomic E-state index is 0.0567. The Morgan fingerprint density at radius 2 is 1.90 bits per heavy atom. The van der Waals surface area contributed by atoms with Crippen LogP contribution < -0.4 is 19.7 Å². The highest BCUT2D eigenvalue weighted by Gasteiger charge is 2.33. The van der Waals surface area contributed by atoms with Crippen molar-refractivity contribution in [3.05, 3.63) is 47.5 Å². The molecule has 0 unspecified atom stereocenters. The van der Waals surface area contributed by atoms with E-state index in [2.05, 4.69) is 0 Å². The SMILES string of the molecule is Cc1cccc(S(=O)(=O)N2CCC(Oc3ccc4c(c3)OCO4)CC2)c1C(=O)NO. The summed E-state index contributed by atoms with van der Waals surface area (Å²) in [5.41, 5.74) is 1.93. The monoisotopic (exact) mass is 434 g/mol. The number of ether oxygens (including phenoxy) is 3. The number of nitrogens with zero attached hydrogens (tertiary/aromatic N) is 1. The van der Waals surface area contributed by atoms with Crippen LogP contribution in [0.3, 0.4) is 0 Å². The number of aryl methyl sites for hydroxylation is 1. The lowest BCUT2D eigenvalue weighted by Crippen LogP contribution is -2.42. The maximum Gasteiger partial charge on any atom is 0.276 e. The molecule has 0 atom stereocenters. The number of piperidine rings is 1. The molecule has 0 bridgehead atoms. The lowest BCUT2D eigenvalue weighted by atomic mass is 10.1. The second-order valence-electron chi connectivity index (χ2n) is 7.13. The minimum Gasteiger partial charge on any atom is -0.490 e. The summed E-state index contributed by atoms with van der Waals surface area (Å²) >= 11 is 0. The molecule has 0 radical (unpaired) electrons. The second-order valence-corrected chi connectivity index (χ2v) is 9.03. The van der Waals surface area contributed by atoms with Crippen LogP contribution in [0.4, 0.5) is 0 Å². The second kappa shape index (κ2) is 8.13. The Hall–Kier alpha value is -2.82.